The van der Waals surface area contributed by atoms with Crippen LogP contribution in [0.4, 0.5) is 4.39 Å². The van der Waals surface area contributed by atoms with Crippen molar-refractivity contribution in [3.05, 3.63) is 65.0 Å². The van der Waals surface area contributed by atoms with Gasteiger partial charge < -0.3 is 4.74 Å². The van der Waals surface area contributed by atoms with Crippen molar-refractivity contribution >= 4 is 12.1 Å². The average molecular weight is 300 g/mol. The monoisotopic (exact) mass is 300 g/mol. The molecule has 0 aliphatic rings. The molecule has 0 bridgehead atoms. The standard InChI is InChI=1S/C17H17FN2O2/c1-12-7-8-15(9-13(12)2)22-11-17(21)20-19-10-14-5-3-4-6-16(14)18/h3-10H,11H2,1-2H3,(H,20,21)/b19-10+. The van der Waals surface area contributed by atoms with E-state index in [-0.39, 0.29) is 6.61 Å². The summed E-state index contributed by atoms with van der Waals surface area (Å²) in [5.74, 6) is -0.186. The zero-order chi connectivity index (χ0) is 15.9. The Balaban J connectivity index is 1.83. The van der Waals surface area contributed by atoms with Gasteiger partial charge in [-0.2, -0.15) is 5.10 Å². The van der Waals surface area contributed by atoms with E-state index in [2.05, 4.69) is 10.5 Å². The molecule has 2 aromatic rings. The Morgan fingerprint density at radius 1 is 1.23 bits per heavy atom. The molecule has 0 radical (unpaired) electrons. The lowest BCUT2D eigenvalue weighted by atomic mass is 10.1. The number of carbonyl (C=O) groups is 1. The highest BCUT2D eigenvalue weighted by atomic mass is 19.1. The summed E-state index contributed by atoms with van der Waals surface area (Å²) in [4.78, 5) is 11.6. The van der Waals surface area contributed by atoms with Gasteiger partial charge in [-0.05, 0) is 43.2 Å². The fourth-order valence-corrected chi connectivity index (χ4v) is 1.74. The Morgan fingerprint density at radius 2 is 2.00 bits per heavy atom. The Bertz CT molecular complexity index is 699. The highest BCUT2D eigenvalue weighted by molar-refractivity contribution is 5.83. The summed E-state index contributed by atoms with van der Waals surface area (Å²) in [7, 11) is 0. The van der Waals surface area contributed by atoms with Crippen LogP contribution in [0, 0.1) is 19.7 Å². The van der Waals surface area contributed by atoms with Gasteiger partial charge >= 0.3 is 0 Å². The largest absolute Gasteiger partial charge is 0.484 e. The lowest BCUT2D eigenvalue weighted by molar-refractivity contribution is -0.123. The molecule has 0 aliphatic carbocycles. The molecule has 0 atom stereocenters. The van der Waals surface area contributed by atoms with Crippen molar-refractivity contribution in [1.82, 2.24) is 5.43 Å². The van der Waals surface area contributed by atoms with Gasteiger partial charge in [-0.3, -0.25) is 4.79 Å². The minimum atomic E-state index is -0.411. The van der Waals surface area contributed by atoms with Crippen LogP contribution >= 0.6 is 0 Å². The summed E-state index contributed by atoms with van der Waals surface area (Å²) in [5.41, 5.74) is 4.85. The second-order valence-electron chi connectivity index (χ2n) is 4.85. The quantitative estimate of drug-likeness (QED) is 0.682. The van der Waals surface area contributed by atoms with Crippen LogP contribution in [0.5, 0.6) is 5.75 Å². The summed E-state index contributed by atoms with van der Waals surface area (Å²) >= 11 is 0. The minimum Gasteiger partial charge on any atom is -0.484 e. The van der Waals surface area contributed by atoms with Gasteiger partial charge in [0.1, 0.15) is 11.6 Å². The molecule has 22 heavy (non-hydrogen) atoms. The maximum atomic E-state index is 13.3. The molecule has 0 heterocycles. The minimum absolute atomic E-state index is 0.156. The van der Waals surface area contributed by atoms with Crippen molar-refractivity contribution in [3.63, 3.8) is 0 Å². The Hall–Kier alpha value is -2.69. The molecule has 0 unspecified atom stereocenters. The zero-order valence-electron chi connectivity index (χ0n) is 12.5. The number of carbonyl (C=O) groups excluding carboxylic acids is 1. The first-order valence-electron chi connectivity index (χ1n) is 6.83. The summed E-state index contributed by atoms with van der Waals surface area (Å²) in [6.45, 7) is 3.82. The number of ether oxygens (including phenoxy) is 1. The summed E-state index contributed by atoms with van der Waals surface area (Å²) in [5, 5.41) is 3.70. The maximum absolute atomic E-state index is 13.3. The van der Waals surface area contributed by atoms with Crippen molar-refractivity contribution in [2.24, 2.45) is 5.10 Å². The molecular formula is C17H17FN2O2. The van der Waals surface area contributed by atoms with E-state index in [0.717, 1.165) is 11.1 Å². The number of aryl methyl sites for hydroxylation is 2. The van der Waals surface area contributed by atoms with Crippen LogP contribution in [-0.4, -0.2) is 18.7 Å². The van der Waals surface area contributed by atoms with Crippen molar-refractivity contribution in [2.75, 3.05) is 6.61 Å². The highest BCUT2D eigenvalue weighted by Crippen LogP contribution is 2.16. The molecule has 114 valence electrons. The predicted octanol–water partition coefficient (Wildman–Crippen LogP) is 2.97. The number of hydrogen-bond donors (Lipinski definition) is 1. The van der Waals surface area contributed by atoms with Gasteiger partial charge in [-0.15, -0.1) is 0 Å². The van der Waals surface area contributed by atoms with Gasteiger partial charge in [0.05, 0.1) is 6.21 Å². The molecule has 0 saturated heterocycles. The van der Waals surface area contributed by atoms with E-state index in [1.54, 1.807) is 24.3 Å². The number of hydrogen-bond acceptors (Lipinski definition) is 3. The Labute approximate surface area is 128 Å². The summed E-state index contributed by atoms with van der Waals surface area (Å²) < 4.78 is 18.7. The topological polar surface area (TPSA) is 50.7 Å². The first kappa shape index (κ1) is 15.7. The molecule has 0 fully saturated rings. The normalized spacial score (nSPS) is 10.7. The first-order valence-corrected chi connectivity index (χ1v) is 6.83. The molecule has 0 saturated carbocycles. The molecular weight excluding hydrogens is 283 g/mol. The second kappa shape index (κ2) is 7.36. The number of nitrogens with zero attached hydrogens (tertiary/aromatic N) is 1. The van der Waals surface area contributed by atoms with E-state index < -0.39 is 11.7 Å². The van der Waals surface area contributed by atoms with Gasteiger partial charge in [-0.1, -0.05) is 24.3 Å². The van der Waals surface area contributed by atoms with Gasteiger partial charge in [0.15, 0.2) is 6.61 Å². The van der Waals surface area contributed by atoms with E-state index in [4.69, 9.17) is 4.74 Å². The van der Waals surface area contributed by atoms with Crippen molar-refractivity contribution in [1.29, 1.82) is 0 Å². The molecule has 1 amide bonds. The van der Waals surface area contributed by atoms with Gasteiger partial charge in [0.2, 0.25) is 0 Å². The van der Waals surface area contributed by atoms with Crippen LogP contribution in [-0.2, 0) is 4.79 Å². The number of nitrogens with one attached hydrogen (secondary N) is 1. The number of rotatable bonds is 5. The fraction of sp³-hybridized carbons (Fsp3) is 0.176. The lowest BCUT2D eigenvalue weighted by Crippen LogP contribution is -2.24. The maximum Gasteiger partial charge on any atom is 0.277 e. The van der Waals surface area contributed by atoms with Gasteiger partial charge in [0.25, 0.3) is 5.91 Å². The summed E-state index contributed by atoms with van der Waals surface area (Å²) in [6.07, 6.45) is 1.25. The average Bonchev–Trinajstić information content (AvgIpc) is 2.50. The number of amides is 1. The van der Waals surface area contributed by atoms with Crippen molar-refractivity contribution < 1.29 is 13.9 Å². The van der Waals surface area contributed by atoms with E-state index in [0.29, 0.717) is 11.3 Å². The molecule has 2 aromatic carbocycles. The van der Waals surface area contributed by atoms with E-state index in [1.807, 2.05) is 26.0 Å². The van der Waals surface area contributed by atoms with Crippen LogP contribution in [0.1, 0.15) is 16.7 Å². The third-order valence-corrected chi connectivity index (χ3v) is 3.15. The highest BCUT2D eigenvalue weighted by Gasteiger charge is 2.03. The molecule has 0 spiro atoms. The van der Waals surface area contributed by atoms with Crippen LogP contribution in [0.2, 0.25) is 0 Å². The third-order valence-electron chi connectivity index (χ3n) is 3.15. The number of hydrazone groups is 1. The molecule has 4 nitrogen and oxygen atoms in total. The molecule has 2 rings (SSSR count). The molecule has 0 aliphatic heterocycles. The number of halogens is 1. The fourth-order valence-electron chi connectivity index (χ4n) is 1.74. The van der Waals surface area contributed by atoms with E-state index >= 15 is 0 Å². The Kier molecular flexibility index (Phi) is 5.25. The van der Waals surface area contributed by atoms with Crippen molar-refractivity contribution in [2.45, 2.75) is 13.8 Å². The molecule has 1 N–H and O–H groups in total. The molecule has 0 aromatic heterocycles. The van der Waals surface area contributed by atoms with Crippen LogP contribution in [0.25, 0.3) is 0 Å². The second-order valence-corrected chi connectivity index (χ2v) is 4.85. The van der Waals surface area contributed by atoms with E-state index in [1.165, 1.54) is 12.3 Å². The van der Waals surface area contributed by atoms with Crippen molar-refractivity contribution in [3.8, 4) is 5.75 Å². The predicted molar refractivity (Wildman–Crippen MR) is 83.5 cm³/mol. The number of benzene rings is 2. The molecule has 5 heteroatoms. The smallest absolute Gasteiger partial charge is 0.277 e. The van der Waals surface area contributed by atoms with Crippen LogP contribution in [0.15, 0.2) is 47.6 Å². The third kappa shape index (κ3) is 4.41. The zero-order valence-corrected chi connectivity index (χ0v) is 12.5. The summed E-state index contributed by atoms with van der Waals surface area (Å²) in [6, 6.07) is 11.8. The first-order chi connectivity index (χ1) is 10.6. The SMILES string of the molecule is Cc1ccc(OCC(=O)N/N=C/c2ccccc2F)cc1C. The van der Waals surface area contributed by atoms with Crippen LogP contribution < -0.4 is 10.2 Å². The van der Waals surface area contributed by atoms with E-state index in [9.17, 15) is 9.18 Å². The Morgan fingerprint density at radius 3 is 2.73 bits per heavy atom. The lowest BCUT2D eigenvalue weighted by Gasteiger charge is -2.07. The van der Waals surface area contributed by atoms with Gasteiger partial charge in [0, 0.05) is 5.56 Å². The van der Waals surface area contributed by atoms with Gasteiger partial charge in [-0.25, -0.2) is 9.82 Å². The van der Waals surface area contributed by atoms with Crippen LogP contribution in [0.3, 0.4) is 0 Å².